The summed E-state index contributed by atoms with van der Waals surface area (Å²) in [4.78, 5) is 0. The number of ether oxygens (including phenoxy) is 1. The molecule has 1 aliphatic rings. The van der Waals surface area contributed by atoms with Crippen LogP contribution in [0.5, 0.6) is 0 Å². The van der Waals surface area contributed by atoms with Crippen molar-refractivity contribution in [1.29, 1.82) is 0 Å². The molecule has 0 aromatic rings. The topological polar surface area (TPSA) is 102 Å². The SMILES string of the molecule is OC[C@H]1OC(NC(=S)[S-])[C@H](O)[C@@H](O)[C@@H]1O.[Na+]. The van der Waals surface area contributed by atoms with Gasteiger partial charge in [-0.1, -0.05) is 4.32 Å². The summed E-state index contributed by atoms with van der Waals surface area (Å²) in [5, 5.41) is 39.6. The molecule has 0 amide bonds. The molecule has 5 N–H and O–H groups in total. The van der Waals surface area contributed by atoms with Gasteiger partial charge >= 0.3 is 29.6 Å². The van der Waals surface area contributed by atoms with Crippen LogP contribution in [0.3, 0.4) is 0 Å². The number of hydrogen-bond donors (Lipinski definition) is 5. The number of aliphatic hydroxyl groups is 4. The van der Waals surface area contributed by atoms with Crippen LogP contribution in [0.1, 0.15) is 0 Å². The maximum atomic E-state index is 9.48. The van der Waals surface area contributed by atoms with Gasteiger partial charge in [0, 0.05) is 0 Å². The van der Waals surface area contributed by atoms with Crippen LogP contribution in [-0.4, -0.2) is 62.0 Å². The van der Waals surface area contributed by atoms with Crippen molar-refractivity contribution in [3.8, 4) is 0 Å². The van der Waals surface area contributed by atoms with Crippen molar-refractivity contribution in [3.05, 3.63) is 0 Å². The molecule has 9 heteroatoms. The van der Waals surface area contributed by atoms with E-state index in [9.17, 15) is 15.3 Å². The molecule has 88 valence electrons. The van der Waals surface area contributed by atoms with Crippen LogP contribution in [-0.2, 0) is 17.4 Å². The predicted molar refractivity (Wildman–Crippen MR) is 56.9 cm³/mol. The minimum atomic E-state index is -1.42. The standard InChI is InChI=1S/C7H13NO5S2.Na/c9-1-2-3(10)4(11)5(12)6(13-2)8-7(14)15;/h2-6,9-12H,1H2,(H2,8,14,15);/q;+1/p-1/t2-,3-,4+,5-,6?;/m1./s1. The van der Waals surface area contributed by atoms with Gasteiger partial charge in [0.25, 0.3) is 0 Å². The summed E-state index contributed by atoms with van der Waals surface area (Å²) >= 11 is 9.16. The third-order valence-corrected chi connectivity index (χ3v) is 2.39. The molecule has 0 aliphatic carbocycles. The van der Waals surface area contributed by atoms with Crippen LogP contribution in [0.25, 0.3) is 0 Å². The van der Waals surface area contributed by atoms with Gasteiger partial charge in [0.1, 0.15) is 24.4 Å². The second-order valence-corrected chi connectivity index (χ2v) is 4.26. The minimum Gasteiger partial charge on any atom is -0.412 e. The Morgan fingerprint density at radius 3 is 2.25 bits per heavy atom. The molecule has 1 fully saturated rings. The molecule has 16 heavy (non-hydrogen) atoms. The molecule has 1 heterocycles. The number of nitrogens with one attached hydrogen (secondary N) is 1. The summed E-state index contributed by atoms with van der Waals surface area (Å²) in [5.41, 5.74) is 0. The van der Waals surface area contributed by atoms with Crippen LogP contribution in [0.15, 0.2) is 0 Å². The Morgan fingerprint density at radius 1 is 1.25 bits per heavy atom. The van der Waals surface area contributed by atoms with Crippen LogP contribution in [0.2, 0.25) is 0 Å². The Labute approximate surface area is 126 Å². The van der Waals surface area contributed by atoms with Crippen LogP contribution < -0.4 is 34.9 Å². The first-order chi connectivity index (χ1) is 6.97. The minimum absolute atomic E-state index is 0. The average molecular weight is 277 g/mol. The fraction of sp³-hybridized carbons (Fsp3) is 0.857. The summed E-state index contributed by atoms with van der Waals surface area (Å²) in [5.74, 6) is 0. The van der Waals surface area contributed by atoms with Gasteiger partial charge in [0.2, 0.25) is 0 Å². The second-order valence-electron chi connectivity index (χ2n) is 3.18. The summed E-state index contributed by atoms with van der Waals surface area (Å²) in [6.45, 7) is -0.479. The smallest absolute Gasteiger partial charge is 0.412 e. The van der Waals surface area contributed by atoms with Gasteiger partial charge in [-0.2, -0.15) is 0 Å². The monoisotopic (exact) mass is 277 g/mol. The second kappa shape index (κ2) is 7.37. The molecule has 0 aromatic carbocycles. The first-order valence-electron chi connectivity index (χ1n) is 4.25. The van der Waals surface area contributed by atoms with E-state index in [2.05, 4.69) is 30.2 Å². The zero-order valence-corrected chi connectivity index (χ0v) is 12.2. The zero-order valence-electron chi connectivity index (χ0n) is 8.61. The van der Waals surface area contributed by atoms with Gasteiger partial charge in [0.15, 0.2) is 6.23 Å². The van der Waals surface area contributed by atoms with Crippen LogP contribution in [0.4, 0.5) is 0 Å². The van der Waals surface area contributed by atoms with E-state index in [4.69, 9.17) is 9.84 Å². The van der Waals surface area contributed by atoms with Crippen LogP contribution in [0, 0.1) is 0 Å². The van der Waals surface area contributed by atoms with E-state index < -0.39 is 37.3 Å². The Hall–Kier alpha value is 0.910. The van der Waals surface area contributed by atoms with Crippen molar-refractivity contribution < 1.29 is 54.7 Å². The normalized spacial score (nSPS) is 38.6. The largest absolute Gasteiger partial charge is 1.00 e. The summed E-state index contributed by atoms with van der Waals surface area (Å²) < 4.78 is 5.04. The molecule has 1 unspecified atom stereocenters. The molecule has 5 atom stereocenters. The number of thiocarbonyl (C=S) groups is 1. The maximum Gasteiger partial charge on any atom is 1.00 e. The van der Waals surface area contributed by atoms with Gasteiger partial charge in [-0.25, -0.2) is 0 Å². The Kier molecular flexibility index (Phi) is 7.79. The number of hydrogen-bond acceptors (Lipinski definition) is 7. The third kappa shape index (κ3) is 3.98. The van der Waals surface area contributed by atoms with E-state index in [-0.39, 0.29) is 33.9 Å². The molecule has 0 aromatic heterocycles. The van der Waals surface area contributed by atoms with Crippen molar-refractivity contribution >= 4 is 29.2 Å². The fourth-order valence-electron chi connectivity index (χ4n) is 1.34. The van der Waals surface area contributed by atoms with Crippen molar-refractivity contribution in [1.82, 2.24) is 5.32 Å². The van der Waals surface area contributed by atoms with E-state index in [0.29, 0.717) is 0 Å². The van der Waals surface area contributed by atoms with E-state index >= 15 is 0 Å². The third-order valence-electron chi connectivity index (χ3n) is 2.15. The van der Waals surface area contributed by atoms with Gasteiger partial charge < -0.3 is 55.3 Å². The first kappa shape index (κ1) is 16.9. The molecule has 1 rings (SSSR count). The van der Waals surface area contributed by atoms with E-state index in [1.807, 2.05) is 0 Å². The van der Waals surface area contributed by atoms with Crippen LogP contribution >= 0.6 is 12.2 Å². The Morgan fingerprint density at radius 2 is 1.81 bits per heavy atom. The average Bonchev–Trinajstić information content (AvgIpc) is 2.18. The Balaban J connectivity index is 0.00000225. The number of rotatable bonds is 2. The van der Waals surface area contributed by atoms with Crippen molar-refractivity contribution in [2.75, 3.05) is 6.61 Å². The van der Waals surface area contributed by atoms with Gasteiger partial charge in [-0.3, -0.25) is 0 Å². The van der Waals surface area contributed by atoms with Gasteiger partial charge in [0.05, 0.1) is 6.61 Å². The first-order valence-corrected chi connectivity index (χ1v) is 5.07. The molecule has 6 nitrogen and oxygen atoms in total. The van der Waals surface area contributed by atoms with Gasteiger partial charge in [-0.15, -0.1) is 0 Å². The maximum absolute atomic E-state index is 9.48. The molecular formula is C7H12NNaO5S2. The summed E-state index contributed by atoms with van der Waals surface area (Å²) in [7, 11) is 0. The molecule has 0 radical (unpaired) electrons. The number of aliphatic hydroxyl groups excluding tert-OH is 4. The molecule has 0 bridgehead atoms. The molecular weight excluding hydrogens is 265 g/mol. The fourth-order valence-corrected chi connectivity index (χ4v) is 1.57. The van der Waals surface area contributed by atoms with E-state index in [0.717, 1.165) is 0 Å². The summed E-state index contributed by atoms with van der Waals surface area (Å²) in [6.07, 6.45) is -6.13. The summed E-state index contributed by atoms with van der Waals surface area (Å²) in [6, 6.07) is 0. The molecule has 0 saturated carbocycles. The Bertz CT molecular complexity index is 245. The molecule has 0 spiro atoms. The van der Waals surface area contributed by atoms with Gasteiger partial charge in [-0.05, 0) is 0 Å². The van der Waals surface area contributed by atoms with Crippen molar-refractivity contribution in [2.24, 2.45) is 0 Å². The molecule has 1 saturated heterocycles. The zero-order chi connectivity index (χ0) is 11.6. The van der Waals surface area contributed by atoms with Crippen molar-refractivity contribution in [2.45, 2.75) is 30.6 Å². The molecule has 1 aliphatic heterocycles. The quantitative estimate of drug-likeness (QED) is 0.193. The predicted octanol–water partition coefficient (Wildman–Crippen LogP) is -5.79. The van der Waals surface area contributed by atoms with Crippen molar-refractivity contribution in [3.63, 3.8) is 0 Å². The van der Waals surface area contributed by atoms with E-state index in [1.165, 1.54) is 0 Å². The van der Waals surface area contributed by atoms with E-state index in [1.54, 1.807) is 0 Å².